The predicted molar refractivity (Wildman–Crippen MR) is 85.1 cm³/mol. The first-order chi connectivity index (χ1) is 10.8. The number of carbonyl (C=O) groups excluding carboxylic acids is 1. The second-order valence-corrected chi connectivity index (χ2v) is 5.20. The Bertz CT molecular complexity index is 728. The number of anilines is 1. The molecule has 6 heteroatoms. The maximum absolute atomic E-state index is 12.1. The van der Waals surface area contributed by atoms with Crippen LogP contribution in [-0.4, -0.2) is 15.9 Å². The summed E-state index contributed by atoms with van der Waals surface area (Å²) < 4.78 is 5.61. The lowest BCUT2D eigenvalue weighted by Crippen LogP contribution is -2.11. The molecule has 0 unspecified atom stereocenters. The van der Waals surface area contributed by atoms with E-state index in [1.54, 1.807) is 54.3 Å². The Morgan fingerprint density at radius 3 is 2.59 bits per heavy atom. The first-order valence-corrected chi connectivity index (χ1v) is 7.57. The average Bonchev–Trinajstić information content (AvgIpc) is 3.08. The van der Waals surface area contributed by atoms with Crippen LogP contribution < -0.4 is 10.1 Å². The quantitative estimate of drug-likeness (QED) is 0.784. The van der Waals surface area contributed by atoms with E-state index in [1.807, 2.05) is 5.38 Å². The molecule has 22 heavy (non-hydrogen) atoms. The van der Waals surface area contributed by atoms with Crippen molar-refractivity contribution in [3.05, 3.63) is 70.9 Å². The fourth-order valence-electron chi connectivity index (χ4n) is 1.81. The molecule has 2 aromatic heterocycles. The number of carbonyl (C=O) groups is 1. The fraction of sp³-hybridized carbons (Fsp3) is 0.0625. The van der Waals surface area contributed by atoms with Crippen LogP contribution in [0.4, 0.5) is 5.69 Å². The summed E-state index contributed by atoms with van der Waals surface area (Å²) in [5.41, 5.74) is 3.94. The van der Waals surface area contributed by atoms with Crippen molar-refractivity contribution in [1.29, 1.82) is 0 Å². The first kappa shape index (κ1) is 14.2. The number of aromatic nitrogens is 2. The third-order valence-corrected chi connectivity index (χ3v) is 3.56. The van der Waals surface area contributed by atoms with E-state index in [0.717, 1.165) is 5.69 Å². The molecule has 0 spiro atoms. The Morgan fingerprint density at radius 2 is 1.91 bits per heavy atom. The van der Waals surface area contributed by atoms with Crippen molar-refractivity contribution >= 4 is 22.9 Å². The minimum atomic E-state index is -0.169. The number of amides is 1. The van der Waals surface area contributed by atoms with Gasteiger partial charge in [0.2, 0.25) is 0 Å². The van der Waals surface area contributed by atoms with Crippen molar-refractivity contribution in [3.8, 4) is 5.75 Å². The van der Waals surface area contributed by atoms with Crippen LogP contribution in [0.15, 0.2) is 59.7 Å². The summed E-state index contributed by atoms with van der Waals surface area (Å²) >= 11 is 1.53. The van der Waals surface area contributed by atoms with E-state index in [2.05, 4.69) is 15.3 Å². The Balaban J connectivity index is 1.60. The minimum Gasteiger partial charge on any atom is -0.487 e. The highest BCUT2D eigenvalue weighted by Crippen LogP contribution is 2.15. The number of hydrogen-bond donors (Lipinski definition) is 1. The third kappa shape index (κ3) is 3.67. The van der Waals surface area contributed by atoms with Crippen LogP contribution in [-0.2, 0) is 6.61 Å². The first-order valence-electron chi connectivity index (χ1n) is 6.62. The third-order valence-electron chi connectivity index (χ3n) is 2.92. The maximum atomic E-state index is 12.1. The van der Waals surface area contributed by atoms with Gasteiger partial charge in [0.1, 0.15) is 12.4 Å². The van der Waals surface area contributed by atoms with Gasteiger partial charge in [-0.1, -0.05) is 0 Å². The molecule has 2 heterocycles. The van der Waals surface area contributed by atoms with Crippen molar-refractivity contribution in [2.75, 3.05) is 5.32 Å². The minimum absolute atomic E-state index is 0.169. The zero-order valence-corrected chi connectivity index (χ0v) is 12.4. The molecule has 3 aromatic rings. The van der Waals surface area contributed by atoms with Gasteiger partial charge in [0.05, 0.1) is 11.2 Å². The fourth-order valence-corrected chi connectivity index (χ4v) is 2.35. The van der Waals surface area contributed by atoms with Gasteiger partial charge in [0.25, 0.3) is 5.91 Å². The number of nitrogens with zero attached hydrogens (tertiary/aromatic N) is 2. The normalized spacial score (nSPS) is 10.2. The van der Waals surface area contributed by atoms with E-state index >= 15 is 0 Å². The molecule has 0 saturated carbocycles. The Morgan fingerprint density at radius 1 is 1.14 bits per heavy atom. The number of thiazole rings is 1. The molecule has 0 aliphatic carbocycles. The summed E-state index contributed by atoms with van der Waals surface area (Å²) in [6, 6.07) is 10.5. The molecule has 0 saturated heterocycles. The molecule has 0 bridgehead atoms. The summed E-state index contributed by atoms with van der Waals surface area (Å²) in [6.45, 7) is 0.423. The summed E-state index contributed by atoms with van der Waals surface area (Å²) in [5.74, 6) is 0.533. The van der Waals surface area contributed by atoms with Crippen LogP contribution in [0.25, 0.3) is 0 Å². The van der Waals surface area contributed by atoms with Crippen molar-refractivity contribution in [2.24, 2.45) is 0 Å². The lowest BCUT2D eigenvalue weighted by atomic mass is 10.2. The second kappa shape index (κ2) is 6.82. The molecule has 0 radical (unpaired) electrons. The van der Waals surface area contributed by atoms with E-state index in [1.165, 1.54) is 11.3 Å². The molecular weight excluding hydrogens is 298 g/mol. The highest BCUT2D eigenvalue weighted by atomic mass is 32.1. The average molecular weight is 311 g/mol. The van der Waals surface area contributed by atoms with E-state index in [9.17, 15) is 4.79 Å². The maximum Gasteiger partial charge on any atom is 0.255 e. The number of nitrogens with one attached hydrogen (secondary N) is 1. The molecule has 1 aromatic carbocycles. The molecule has 1 amide bonds. The van der Waals surface area contributed by atoms with E-state index in [4.69, 9.17) is 4.74 Å². The van der Waals surface area contributed by atoms with Crippen LogP contribution in [0.3, 0.4) is 0 Å². The van der Waals surface area contributed by atoms with Crippen molar-refractivity contribution < 1.29 is 9.53 Å². The van der Waals surface area contributed by atoms with E-state index in [-0.39, 0.29) is 5.91 Å². The monoisotopic (exact) mass is 311 g/mol. The summed E-state index contributed by atoms with van der Waals surface area (Å²) in [5, 5.41) is 4.74. The summed E-state index contributed by atoms with van der Waals surface area (Å²) in [7, 11) is 0. The zero-order valence-electron chi connectivity index (χ0n) is 11.6. The Hall–Kier alpha value is -2.73. The molecule has 0 aliphatic rings. The summed E-state index contributed by atoms with van der Waals surface area (Å²) in [4.78, 5) is 20.1. The van der Waals surface area contributed by atoms with Gasteiger partial charge in [-0.15, -0.1) is 11.3 Å². The summed E-state index contributed by atoms with van der Waals surface area (Å²) in [6.07, 6.45) is 3.26. The Labute approximate surface area is 131 Å². The van der Waals surface area contributed by atoms with Crippen molar-refractivity contribution in [1.82, 2.24) is 9.97 Å². The van der Waals surface area contributed by atoms with Crippen LogP contribution in [0.1, 0.15) is 16.1 Å². The standard InChI is InChI=1S/C16H13N3O2S/c20-16(19-13-5-7-17-8-6-13)12-1-3-15(4-2-12)21-9-14-10-22-11-18-14/h1-8,10-11H,9H2,(H,17,19,20). The lowest BCUT2D eigenvalue weighted by Gasteiger charge is -2.07. The van der Waals surface area contributed by atoms with E-state index < -0.39 is 0 Å². The van der Waals surface area contributed by atoms with Crippen LogP contribution >= 0.6 is 11.3 Å². The van der Waals surface area contributed by atoms with Crippen molar-refractivity contribution in [2.45, 2.75) is 6.61 Å². The molecule has 1 N–H and O–H groups in total. The molecule has 5 nitrogen and oxygen atoms in total. The zero-order chi connectivity index (χ0) is 15.2. The van der Waals surface area contributed by atoms with Gasteiger partial charge in [-0.05, 0) is 36.4 Å². The second-order valence-electron chi connectivity index (χ2n) is 4.48. The van der Waals surface area contributed by atoms with Gasteiger partial charge >= 0.3 is 0 Å². The predicted octanol–water partition coefficient (Wildman–Crippen LogP) is 3.37. The molecule has 3 rings (SSSR count). The van der Waals surface area contributed by atoms with Crippen molar-refractivity contribution in [3.63, 3.8) is 0 Å². The highest BCUT2D eigenvalue weighted by molar-refractivity contribution is 7.07. The number of ether oxygens (including phenoxy) is 1. The molecule has 0 fully saturated rings. The number of hydrogen-bond acceptors (Lipinski definition) is 5. The SMILES string of the molecule is O=C(Nc1ccncc1)c1ccc(OCc2cscn2)cc1. The largest absolute Gasteiger partial charge is 0.487 e. The van der Waals surface area contributed by atoms with Crippen LogP contribution in [0, 0.1) is 0 Å². The molecule has 0 aliphatic heterocycles. The lowest BCUT2D eigenvalue weighted by molar-refractivity contribution is 0.102. The topological polar surface area (TPSA) is 64.1 Å². The smallest absolute Gasteiger partial charge is 0.255 e. The van der Waals surface area contributed by atoms with Crippen LogP contribution in [0.5, 0.6) is 5.75 Å². The number of benzene rings is 1. The molecular formula is C16H13N3O2S. The van der Waals surface area contributed by atoms with Gasteiger partial charge in [0, 0.05) is 29.0 Å². The van der Waals surface area contributed by atoms with Gasteiger partial charge in [0.15, 0.2) is 0 Å². The Kier molecular flexibility index (Phi) is 4.41. The van der Waals surface area contributed by atoms with Gasteiger partial charge in [-0.3, -0.25) is 9.78 Å². The number of pyridine rings is 1. The molecule has 110 valence electrons. The molecule has 0 atom stereocenters. The van der Waals surface area contributed by atoms with Crippen LogP contribution in [0.2, 0.25) is 0 Å². The van der Waals surface area contributed by atoms with Gasteiger partial charge in [-0.2, -0.15) is 0 Å². The van der Waals surface area contributed by atoms with Gasteiger partial charge in [-0.25, -0.2) is 4.98 Å². The van der Waals surface area contributed by atoms with E-state index in [0.29, 0.717) is 23.6 Å². The van der Waals surface area contributed by atoms with Gasteiger partial charge < -0.3 is 10.1 Å². The highest BCUT2D eigenvalue weighted by Gasteiger charge is 2.06. The number of rotatable bonds is 5.